The van der Waals surface area contributed by atoms with Crippen molar-refractivity contribution in [2.75, 3.05) is 14.2 Å². The van der Waals surface area contributed by atoms with Crippen molar-refractivity contribution in [1.29, 1.82) is 0 Å². The van der Waals surface area contributed by atoms with Crippen LogP contribution in [0.25, 0.3) is 0 Å². The molecule has 1 atom stereocenters. The third-order valence-electron chi connectivity index (χ3n) is 3.02. The average molecular weight is 262 g/mol. The molecular formula is C14H18N2O3. The van der Waals surface area contributed by atoms with Gasteiger partial charge in [-0.25, -0.2) is 0 Å². The van der Waals surface area contributed by atoms with Gasteiger partial charge in [0.25, 0.3) is 0 Å². The molecule has 19 heavy (non-hydrogen) atoms. The summed E-state index contributed by atoms with van der Waals surface area (Å²) in [5, 5.41) is 2.81. The third-order valence-corrected chi connectivity index (χ3v) is 3.02. The number of ether oxygens (including phenoxy) is 2. The molecule has 102 valence electrons. The number of hydrogen-bond donors (Lipinski definition) is 1. The maximum Gasteiger partial charge on any atom is 0.250 e. The van der Waals surface area contributed by atoms with Crippen LogP contribution >= 0.6 is 0 Å². The molecule has 0 aromatic heterocycles. The van der Waals surface area contributed by atoms with Crippen LogP contribution in [-0.2, 0) is 4.79 Å². The van der Waals surface area contributed by atoms with Gasteiger partial charge in [-0.2, -0.15) is 0 Å². The topological polar surface area (TPSA) is 59.9 Å². The minimum absolute atomic E-state index is 0.0429. The molecule has 1 N–H and O–H groups in total. The number of rotatable bonds is 5. The van der Waals surface area contributed by atoms with Crippen molar-refractivity contribution in [3.63, 3.8) is 0 Å². The Morgan fingerprint density at radius 1 is 1.21 bits per heavy atom. The van der Waals surface area contributed by atoms with Crippen molar-refractivity contribution in [2.45, 2.75) is 25.8 Å². The Bertz CT molecular complexity index is 489. The average Bonchev–Trinajstić information content (AvgIpc) is 2.80. The lowest BCUT2D eigenvalue weighted by atomic mass is 10.2. The fourth-order valence-corrected chi connectivity index (χ4v) is 2.01. The van der Waals surface area contributed by atoms with Crippen molar-refractivity contribution in [2.24, 2.45) is 4.99 Å². The molecule has 1 aliphatic heterocycles. The number of aliphatic imine (C=N–C) groups is 1. The molecule has 1 aromatic rings. The molecule has 1 unspecified atom stereocenters. The zero-order valence-electron chi connectivity index (χ0n) is 11.4. The molecule has 0 fully saturated rings. The normalized spacial score (nSPS) is 17.9. The molecular weight excluding hydrogens is 244 g/mol. The van der Waals surface area contributed by atoms with E-state index in [9.17, 15) is 4.79 Å². The molecule has 2 rings (SSSR count). The van der Waals surface area contributed by atoms with Gasteiger partial charge in [0.1, 0.15) is 23.4 Å². The van der Waals surface area contributed by atoms with Crippen LogP contribution < -0.4 is 14.8 Å². The summed E-state index contributed by atoms with van der Waals surface area (Å²) < 4.78 is 10.4. The van der Waals surface area contributed by atoms with Crippen molar-refractivity contribution in [3.8, 4) is 11.5 Å². The molecule has 1 aliphatic rings. The summed E-state index contributed by atoms with van der Waals surface area (Å²) in [7, 11) is 3.18. The monoisotopic (exact) mass is 262 g/mol. The number of amides is 1. The first-order valence-electron chi connectivity index (χ1n) is 6.30. The van der Waals surface area contributed by atoms with Gasteiger partial charge in [-0.05, 0) is 18.6 Å². The highest BCUT2D eigenvalue weighted by atomic mass is 16.5. The molecule has 0 radical (unpaired) electrons. The fourth-order valence-electron chi connectivity index (χ4n) is 2.01. The van der Waals surface area contributed by atoms with Crippen LogP contribution in [0.2, 0.25) is 0 Å². The lowest BCUT2D eigenvalue weighted by Crippen LogP contribution is -2.29. The summed E-state index contributed by atoms with van der Waals surface area (Å²) in [6.45, 7) is 2.04. The second kappa shape index (κ2) is 5.73. The molecule has 0 aliphatic carbocycles. The van der Waals surface area contributed by atoms with E-state index in [1.807, 2.05) is 19.1 Å². The Kier molecular flexibility index (Phi) is 4.04. The summed E-state index contributed by atoms with van der Waals surface area (Å²) in [5.74, 6) is 1.88. The van der Waals surface area contributed by atoms with Crippen LogP contribution in [0.5, 0.6) is 11.5 Å². The highest BCUT2D eigenvalue weighted by Gasteiger charge is 2.26. The number of methoxy groups -OCH3 is 2. The van der Waals surface area contributed by atoms with Gasteiger partial charge in [-0.3, -0.25) is 9.79 Å². The van der Waals surface area contributed by atoms with Gasteiger partial charge >= 0.3 is 0 Å². The highest BCUT2D eigenvalue weighted by Crippen LogP contribution is 2.24. The first-order valence-corrected chi connectivity index (χ1v) is 6.30. The predicted octanol–water partition coefficient (Wildman–Crippen LogP) is 1.75. The second-order valence-electron chi connectivity index (χ2n) is 4.37. The largest absolute Gasteiger partial charge is 0.497 e. The van der Waals surface area contributed by atoms with E-state index in [0.29, 0.717) is 17.3 Å². The summed E-state index contributed by atoms with van der Waals surface area (Å²) in [6.07, 6.45) is 1.69. The van der Waals surface area contributed by atoms with Crippen LogP contribution in [0.3, 0.4) is 0 Å². The van der Waals surface area contributed by atoms with Crippen LogP contribution in [-0.4, -0.2) is 32.0 Å². The number of carbonyl (C=O) groups is 1. The Balaban J connectivity index is 2.31. The quantitative estimate of drug-likeness (QED) is 0.879. The third kappa shape index (κ3) is 2.86. The summed E-state index contributed by atoms with van der Waals surface area (Å²) in [5.41, 5.74) is 0.795. The highest BCUT2D eigenvalue weighted by molar-refractivity contribution is 6.13. The lowest BCUT2D eigenvalue weighted by Gasteiger charge is -2.08. The number of benzene rings is 1. The van der Waals surface area contributed by atoms with E-state index in [1.165, 1.54) is 0 Å². The van der Waals surface area contributed by atoms with Crippen LogP contribution in [0.1, 0.15) is 25.3 Å². The van der Waals surface area contributed by atoms with Crippen molar-refractivity contribution >= 4 is 11.7 Å². The Morgan fingerprint density at radius 3 is 2.37 bits per heavy atom. The van der Waals surface area contributed by atoms with E-state index in [0.717, 1.165) is 18.4 Å². The van der Waals surface area contributed by atoms with Crippen LogP contribution in [0.4, 0.5) is 0 Å². The number of hydrogen-bond acceptors (Lipinski definition) is 4. The minimum Gasteiger partial charge on any atom is -0.497 e. The van der Waals surface area contributed by atoms with E-state index in [4.69, 9.17) is 9.47 Å². The Morgan fingerprint density at radius 2 is 1.84 bits per heavy atom. The van der Waals surface area contributed by atoms with Crippen molar-refractivity contribution in [1.82, 2.24) is 5.32 Å². The molecule has 0 bridgehead atoms. The molecule has 1 aromatic carbocycles. The number of amidine groups is 1. The number of nitrogens with one attached hydrogen (secondary N) is 1. The number of carbonyl (C=O) groups excluding carboxylic acids is 1. The zero-order valence-corrected chi connectivity index (χ0v) is 11.4. The Hall–Kier alpha value is -2.04. The fraction of sp³-hybridized carbons (Fsp3) is 0.429. The van der Waals surface area contributed by atoms with Crippen LogP contribution in [0, 0.1) is 0 Å². The maximum absolute atomic E-state index is 11.8. The summed E-state index contributed by atoms with van der Waals surface area (Å²) in [6, 6.07) is 5.16. The molecule has 0 saturated carbocycles. The van der Waals surface area contributed by atoms with Gasteiger partial charge in [0.2, 0.25) is 5.91 Å². The molecule has 0 saturated heterocycles. The van der Waals surface area contributed by atoms with Crippen molar-refractivity contribution < 1.29 is 14.3 Å². The van der Waals surface area contributed by atoms with Crippen molar-refractivity contribution in [3.05, 3.63) is 23.8 Å². The van der Waals surface area contributed by atoms with E-state index >= 15 is 0 Å². The maximum atomic E-state index is 11.8. The minimum atomic E-state index is -0.280. The molecule has 5 heteroatoms. The van der Waals surface area contributed by atoms with E-state index < -0.39 is 0 Å². The van der Waals surface area contributed by atoms with Gasteiger partial charge in [0.05, 0.1) is 14.2 Å². The molecule has 0 spiro atoms. The first-order chi connectivity index (χ1) is 9.17. The van der Waals surface area contributed by atoms with Crippen LogP contribution in [0.15, 0.2) is 23.2 Å². The summed E-state index contributed by atoms with van der Waals surface area (Å²) >= 11 is 0. The SMILES string of the molecule is CCCC1N=C(c2cc(OC)cc(OC)c2)NC1=O. The standard InChI is InChI=1S/C14H18N2O3/c1-4-5-12-14(17)16-13(15-12)9-6-10(18-2)8-11(7-9)19-3/h6-8,12H,4-5H2,1-3H3,(H,15,16,17). The van der Waals surface area contributed by atoms with E-state index in [-0.39, 0.29) is 11.9 Å². The van der Waals surface area contributed by atoms with Gasteiger partial charge in [-0.1, -0.05) is 13.3 Å². The Labute approximate surface area is 112 Å². The predicted molar refractivity (Wildman–Crippen MR) is 72.9 cm³/mol. The van der Waals surface area contributed by atoms with Gasteiger partial charge in [0, 0.05) is 11.6 Å². The molecule has 5 nitrogen and oxygen atoms in total. The lowest BCUT2D eigenvalue weighted by molar-refractivity contribution is -0.120. The second-order valence-corrected chi connectivity index (χ2v) is 4.37. The van der Waals surface area contributed by atoms with Gasteiger partial charge < -0.3 is 14.8 Å². The zero-order chi connectivity index (χ0) is 13.8. The van der Waals surface area contributed by atoms with E-state index in [1.54, 1.807) is 20.3 Å². The first kappa shape index (κ1) is 13.4. The van der Waals surface area contributed by atoms with Gasteiger partial charge in [0.15, 0.2) is 0 Å². The van der Waals surface area contributed by atoms with Gasteiger partial charge in [-0.15, -0.1) is 0 Å². The molecule has 1 heterocycles. The smallest absolute Gasteiger partial charge is 0.250 e. The summed E-state index contributed by atoms with van der Waals surface area (Å²) in [4.78, 5) is 16.2. The molecule has 1 amide bonds. The number of nitrogens with zero attached hydrogens (tertiary/aromatic N) is 1. The van der Waals surface area contributed by atoms with E-state index in [2.05, 4.69) is 10.3 Å².